The summed E-state index contributed by atoms with van der Waals surface area (Å²) in [5.41, 5.74) is 0. The second-order valence-corrected chi connectivity index (χ2v) is 2.97. The van der Waals surface area contributed by atoms with Gasteiger partial charge in [-0.2, -0.15) is 0 Å². The molecule has 32 valence electrons. The Balaban J connectivity index is 2.85. The Labute approximate surface area is 42.2 Å². The van der Waals surface area contributed by atoms with Gasteiger partial charge < -0.3 is 0 Å². The summed E-state index contributed by atoms with van der Waals surface area (Å²) in [7, 11) is 0. The zero-order chi connectivity index (χ0) is 4.28. The van der Waals surface area contributed by atoms with Gasteiger partial charge in [0.15, 0.2) is 0 Å². The van der Waals surface area contributed by atoms with Crippen molar-refractivity contribution in [2.24, 2.45) is 0 Å². The zero-order valence-electron chi connectivity index (χ0n) is 2.08. The van der Waals surface area contributed by atoms with E-state index in [-0.39, 0.29) is 0 Å². The molecule has 0 bridgehead atoms. The number of hydrogen-bond donors (Lipinski definition) is 1. The second-order valence-electron chi connectivity index (χ2n) is 0.285. The van der Waals surface area contributed by atoms with Gasteiger partial charge in [0.25, 0.3) is 0 Å². The third-order valence-corrected chi connectivity index (χ3v) is 1.57. The Morgan fingerprint density at radius 1 is 2.00 bits per heavy atom. The van der Waals surface area contributed by atoms with Crippen molar-refractivity contribution in [3.05, 3.63) is 0 Å². The second kappa shape index (κ2) is 2.97. The van der Waals surface area contributed by atoms with E-state index in [1.807, 2.05) is 16.3 Å². The summed E-state index contributed by atoms with van der Waals surface area (Å²) in [6.07, 6.45) is 0. The summed E-state index contributed by atoms with van der Waals surface area (Å²) in [5.74, 6) is 0. The van der Waals surface area contributed by atoms with Crippen LogP contribution in [0.5, 0.6) is 0 Å². The average molecular weight is 207 g/mol. The van der Waals surface area contributed by atoms with Crippen LogP contribution in [0, 0.1) is 0 Å². The van der Waals surface area contributed by atoms with Crippen molar-refractivity contribution in [3.8, 4) is 0 Å². The molecule has 0 aliphatic rings. The molecule has 3 nitrogen and oxygen atoms in total. The van der Waals surface area contributed by atoms with E-state index < -0.39 is 14.5 Å². The normalized spacial score (nSPS) is 14.8. The number of hydrogen-bond acceptors (Lipinski definition) is 2. The first-order valence-corrected chi connectivity index (χ1v) is 3.55. The van der Waals surface area contributed by atoms with Gasteiger partial charge >= 0.3 is 41.8 Å². The molecule has 1 unspecified atom stereocenters. The van der Waals surface area contributed by atoms with Gasteiger partial charge in [-0.3, -0.25) is 0 Å². The molecule has 0 aromatic rings. The minimum absolute atomic E-state index is 1.94. The van der Waals surface area contributed by atoms with Gasteiger partial charge in [0, 0.05) is 0 Å². The quantitative estimate of drug-likeness (QED) is 0.532. The maximum absolute atomic E-state index is 9.32. The summed E-state index contributed by atoms with van der Waals surface area (Å²) in [6, 6.07) is 0. The van der Waals surface area contributed by atoms with Crippen LogP contribution in [0.15, 0.2) is 0 Å². The molecule has 0 fully saturated rings. The van der Waals surface area contributed by atoms with E-state index in [1.165, 1.54) is 0 Å². The van der Waals surface area contributed by atoms with Crippen molar-refractivity contribution in [1.82, 2.24) is 0 Å². The maximum atomic E-state index is 9.32. The molecule has 0 aliphatic carbocycles. The molecule has 0 heterocycles. The van der Waals surface area contributed by atoms with Crippen molar-refractivity contribution < 1.29 is 10.9 Å². The molecule has 5 heteroatoms. The van der Waals surface area contributed by atoms with E-state index in [9.17, 15) is 3.83 Å². The Morgan fingerprint density at radius 3 is 2.20 bits per heavy atom. The molecule has 0 aliphatic heterocycles. The topological polar surface area (TPSA) is 46.5 Å². The Bertz CT molecular complexity index is 40.2. The van der Waals surface area contributed by atoms with Gasteiger partial charge in [-0.25, -0.2) is 0 Å². The van der Waals surface area contributed by atoms with Crippen molar-refractivity contribution in [2.45, 2.75) is 0 Å². The van der Waals surface area contributed by atoms with Crippen LogP contribution >= 0.6 is 0 Å². The van der Waals surface area contributed by atoms with Crippen LogP contribution in [0.1, 0.15) is 0 Å². The van der Waals surface area contributed by atoms with Gasteiger partial charge in [0.1, 0.15) is 0 Å². The van der Waals surface area contributed by atoms with Gasteiger partial charge in [0.05, 0.1) is 0 Å². The Kier molecular flexibility index (Phi) is 3.42. The molecule has 0 amide bonds. The SMILES string of the molecule is O=[Se](O)O[Se-]. The van der Waals surface area contributed by atoms with Crippen LogP contribution in [0.25, 0.3) is 0 Å². The molecule has 5 heavy (non-hydrogen) atoms. The van der Waals surface area contributed by atoms with E-state index >= 15 is 0 Å². The summed E-state index contributed by atoms with van der Waals surface area (Å²) in [5, 5.41) is 0. The predicted octanol–water partition coefficient (Wildman–Crippen LogP) is -1.51. The van der Waals surface area contributed by atoms with Crippen LogP contribution < -0.4 is 0 Å². The fraction of sp³-hybridized carbons (Fsp3) is 0. The van der Waals surface area contributed by atoms with Crippen molar-refractivity contribution in [2.75, 3.05) is 0 Å². The molecule has 0 saturated carbocycles. The van der Waals surface area contributed by atoms with Gasteiger partial charge in [-0.1, -0.05) is 0 Å². The summed E-state index contributed by atoms with van der Waals surface area (Å²) in [6.45, 7) is 0. The van der Waals surface area contributed by atoms with E-state index in [0.717, 1.165) is 0 Å². The first kappa shape index (κ1) is 5.76. The standard InChI is InChI=1S/H2O3Se2/c1-5(2)3-4/h4H,(H,1,2)/p-1. The Morgan fingerprint density at radius 2 is 2.20 bits per heavy atom. The monoisotopic (exact) mass is 209 g/mol. The van der Waals surface area contributed by atoms with Gasteiger partial charge in [-0.15, -0.1) is 0 Å². The van der Waals surface area contributed by atoms with Crippen LogP contribution in [0.4, 0.5) is 0 Å². The molecule has 0 aromatic heterocycles. The molecule has 0 radical (unpaired) electrons. The van der Waals surface area contributed by atoms with Gasteiger partial charge in [0.2, 0.25) is 0 Å². The van der Waals surface area contributed by atoms with Crippen molar-refractivity contribution in [1.29, 1.82) is 0 Å². The van der Waals surface area contributed by atoms with E-state index in [0.29, 0.717) is 0 Å². The fourth-order valence-electron chi connectivity index (χ4n) is 0. The molecular weight excluding hydrogens is 206 g/mol. The number of rotatable bonds is 1. The molecule has 1 atom stereocenters. The molecule has 0 rings (SSSR count). The van der Waals surface area contributed by atoms with Crippen LogP contribution in [-0.4, -0.2) is 35.0 Å². The first-order valence-electron chi connectivity index (χ1n) is 0.683. The van der Waals surface area contributed by atoms with E-state index in [4.69, 9.17) is 4.19 Å². The zero-order valence-corrected chi connectivity index (χ0v) is 5.51. The summed E-state index contributed by atoms with van der Waals surface area (Å²) >= 11 is -0.917. The molecule has 0 spiro atoms. The third kappa shape index (κ3) is 4.76. The first-order chi connectivity index (χ1) is 2.27. The minimum atomic E-state index is -2.85. The summed E-state index contributed by atoms with van der Waals surface area (Å²) < 4.78 is 20.8. The molecule has 0 aromatic carbocycles. The molecule has 0 saturated heterocycles. The third-order valence-electron chi connectivity index (χ3n) is 0.0582. The fourth-order valence-corrected chi connectivity index (χ4v) is 0. The van der Waals surface area contributed by atoms with E-state index in [2.05, 4.69) is 2.90 Å². The van der Waals surface area contributed by atoms with Crippen LogP contribution in [0.2, 0.25) is 0 Å². The van der Waals surface area contributed by atoms with Gasteiger partial charge in [-0.05, 0) is 0 Å². The van der Waals surface area contributed by atoms with Crippen LogP contribution in [-0.2, 0) is 6.74 Å². The van der Waals surface area contributed by atoms with E-state index in [1.54, 1.807) is 0 Å². The Hall–Kier alpha value is 0.759. The van der Waals surface area contributed by atoms with Crippen molar-refractivity contribution >= 4 is 30.8 Å². The van der Waals surface area contributed by atoms with Crippen LogP contribution in [0.3, 0.4) is 0 Å². The van der Waals surface area contributed by atoms with Crippen molar-refractivity contribution in [3.63, 3.8) is 0 Å². The summed E-state index contributed by atoms with van der Waals surface area (Å²) in [4.78, 5) is 0. The molecular formula is HO3Se2-. The molecule has 1 N–H and O–H groups in total. The predicted molar refractivity (Wildman–Crippen MR) is 15.5 cm³/mol. The average Bonchev–Trinajstić information content (AvgIpc) is 1.38.